The van der Waals surface area contributed by atoms with Gasteiger partial charge in [-0.3, -0.25) is 4.79 Å². The van der Waals surface area contributed by atoms with Crippen molar-refractivity contribution in [1.82, 2.24) is 0 Å². The first-order chi connectivity index (χ1) is 11.5. The van der Waals surface area contributed by atoms with Gasteiger partial charge in [-0.2, -0.15) is 0 Å². The van der Waals surface area contributed by atoms with Crippen LogP contribution in [0.3, 0.4) is 0 Å². The van der Waals surface area contributed by atoms with Gasteiger partial charge >= 0.3 is 0 Å². The standard InChI is InChI=1S/C19H15BrClNO2/c1-11(20)17-18(23)15(21)8-12-6-7-16(24-19(12)17)22-9-13-4-2-3-5-14(13)10-22/h2-8,11H,9-10H2,1H3. The zero-order valence-electron chi connectivity index (χ0n) is 13.1. The highest BCUT2D eigenvalue weighted by atomic mass is 79.9. The smallest absolute Gasteiger partial charge is 0.205 e. The number of benzene rings is 2. The Kier molecular flexibility index (Phi) is 3.89. The maximum atomic E-state index is 12.4. The topological polar surface area (TPSA) is 33.5 Å². The van der Waals surface area contributed by atoms with Crippen LogP contribution in [0.1, 0.15) is 28.4 Å². The molecule has 0 fully saturated rings. The third-order valence-electron chi connectivity index (χ3n) is 4.41. The van der Waals surface area contributed by atoms with Crippen molar-refractivity contribution in [2.45, 2.75) is 24.8 Å². The lowest BCUT2D eigenvalue weighted by molar-refractivity contribution is 0.540. The predicted molar refractivity (Wildman–Crippen MR) is 100 cm³/mol. The SMILES string of the molecule is CC(Br)c1c2oc(N3Cc4ccccc4C3)ccc-2cc(Cl)c1=O. The Labute approximate surface area is 153 Å². The lowest BCUT2D eigenvalue weighted by atomic mass is 10.0. The first-order valence-corrected chi connectivity index (χ1v) is 9.06. The lowest BCUT2D eigenvalue weighted by Gasteiger charge is -2.20. The Balaban J connectivity index is 1.82. The highest BCUT2D eigenvalue weighted by molar-refractivity contribution is 9.09. The van der Waals surface area contributed by atoms with E-state index < -0.39 is 0 Å². The minimum Gasteiger partial charge on any atom is -0.440 e. The van der Waals surface area contributed by atoms with Gasteiger partial charge in [0.05, 0.1) is 10.6 Å². The molecule has 2 aliphatic heterocycles. The van der Waals surface area contributed by atoms with Crippen molar-refractivity contribution in [2.24, 2.45) is 0 Å². The molecule has 2 heterocycles. The molecule has 3 nitrogen and oxygen atoms in total. The molecule has 1 aliphatic carbocycles. The van der Waals surface area contributed by atoms with Crippen LogP contribution in [0.5, 0.6) is 0 Å². The van der Waals surface area contributed by atoms with Crippen LogP contribution >= 0.6 is 27.5 Å². The normalized spacial score (nSPS) is 14.9. The predicted octanol–water partition coefficient (Wildman–Crippen LogP) is 5.37. The maximum absolute atomic E-state index is 12.4. The molecule has 0 saturated heterocycles. The monoisotopic (exact) mass is 403 g/mol. The van der Waals surface area contributed by atoms with Crippen LogP contribution in [-0.2, 0) is 13.1 Å². The largest absolute Gasteiger partial charge is 0.440 e. The van der Waals surface area contributed by atoms with Crippen molar-refractivity contribution >= 4 is 33.4 Å². The van der Waals surface area contributed by atoms with Crippen molar-refractivity contribution in [3.63, 3.8) is 0 Å². The van der Waals surface area contributed by atoms with E-state index in [1.54, 1.807) is 6.07 Å². The Morgan fingerprint density at radius 1 is 1.17 bits per heavy atom. The summed E-state index contributed by atoms with van der Waals surface area (Å²) in [4.78, 5) is 14.4. The van der Waals surface area contributed by atoms with Gasteiger partial charge in [0, 0.05) is 23.5 Å². The molecule has 1 aromatic rings. The molecular weight excluding hydrogens is 390 g/mol. The van der Waals surface area contributed by atoms with Crippen LogP contribution in [0.2, 0.25) is 5.02 Å². The van der Waals surface area contributed by atoms with Gasteiger partial charge < -0.3 is 9.32 Å². The van der Waals surface area contributed by atoms with Crippen LogP contribution in [0.25, 0.3) is 11.3 Å². The summed E-state index contributed by atoms with van der Waals surface area (Å²) >= 11 is 9.57. The van der Waals surface area contributed by atoms with Gasteiger partial charge in [-0.05, 0) is 36.2 Å². The molecule has 1 aromatic carbocycles. The molecule has 0 saturated carbocycles. The molecule has 1 unspecified atom stereocenters. The molecule has 1 atom stereocenters. The van der Waals surface area contributed by atoms with E-state index in [0.29, 0.717) is 11.3 Å². The minimum atomic E-state index is -0.181. The van der Waals surface area contributed by atoms with Crippen LogP contribution < -0.4 is 10.3 Å². The first-order valence-electron chi connectivity index (χ1n) is 7.76. The Morgan fingerprint density at radius 3 is 2.46 bits per heavy atom. The Bertz CT molecular complexity index is 925. The Morgan fingerprint density at radius 2 is 1.83 bits per heavy atom. The van der Waals surface area contributed by atoms with E-state index in [2.05, 4.69) is 45.1 Å². The van der Waals surface area contributed by atoms with Crippen molar-refractivity contribution in [3.8, 4) is 11.3 Å². The van der Waals surface area contributed by atoms with Gasteiger partial charge in [-0.15, -0.1) is 0 Å². The number of fused-ring (bicyclic) bond motifs is 2. The van der Waals surface area contributed by atoms with Gasteiger partial charge in [0.2, 0.25) is 5.43 Å². The lowest BCUT2D eigenvalue weighted by Crippen LogP contribution is -2.16. The number of alkyl halides is 1. The van der Waals surface area contributed by atoms with Gasteiger partial charge in [-0.1, -0.05) is 51.8 Å². The fraction of sp³-hybridized carbons (Fsp3) is 0.211. The summed E-state index contributed by atoms with van der Waals surface area (Å²) in [6.45, 7) is 3.52. The van der Waals surface area contributed by atoms with Crippen molar-refractivity contribution in [2.75, 3.05) is 4.90 Å². The third-order valence-corrected chi connectivity index (χ3v) is 5.15. The van der Waals surface area contributed by atoms with Crippen LogP contribution in [-0.4, -0.2) is 0 Å². The number of hydrogen-bond donors (Lipinski definition) is 0. The number of nitrogens with zero attached hydrogens (tertiary/aromatic N) is 1. The van der Waals surface area contributed by atoms with E-state index in [-0.39, 0.29) is 15.3 Å². The molecule has 122 valence electrons. The van der Waals surface area contributed by atoms with E-state index in [1.807, 2.05) is 19.1 Å². The summed E-state index contributed by atoms with van der Waals surface area (Å²) in [6.07, 6.45) is 0. The zero-order chi connectivity index (χ0) is 16.8. The van der Waals surface area contributed by atoms with E-state index in [0.717, 1.165) is 24.5 Å². The van der Waals surface area contributed by atoms with Crippen LogP contribution in [0.4, 0.5) is 5.88 Å². The van der Waals surface area contributed by atoms with E-state index in [4.69, 9.17) is 16.0 Å². The van der Waals surface area contributed by atoms with Gasteiger partial charge in [0.1, 0.15) is 5.76 Å². The highest BCUT2D eigenvalue weighted by Gasteiger charge is 2.24. The molecule has 0 aromatic heterocycles. The van der Waals surface area contributed by atoms with Crippen molar-refractivity contribution < 1.29 is 4.42 Å². The number of halogens is 2. The first kappa shape index (κ1) is 15.7. The quantitative estimate of drug-likeness (QED) is 0.538. The highest BCUT2D eigenvalue weighted by Crippen LogP contribution is 2.37. The molecular formula is C19H15BrClNO2. The second kappa shape index (κ2) is 5.94. The second-order valence-electron chi connectivity index (χ2n) is 6.03. The summed E-state index contributed by atoms with van der Waals surface area (Å²) in [5.74, 6) is 1.36. The van der Waals surface area contributed by atoms with Gasteiger partial charge in [-0.25, -0.2) is 0 Å². The minimum absolute atomic E-state index is 0.138. The molecule has 0 spiro atoms. The second-order valence-corrected chi connectivity index (χ2v) is 7.81. The summed E-state index contributed by atoms with van der Waals surface area (Å²) < 4.78 is 6.14. The number of hydrogen-bond acceptors (Lipinski definition) is 3. The van der Waals surface area contributed by atoms with Crippen LogP contribution in [0, 0.1) is 0 Å². The molecule has 24 heavy (non-hydrogen) atoms. The molecule has 0 bridgehead atoms. The summed E-state index contributed by atoms with van der Waals surface area (Å²) in [6, 6.07) is 13.9. The van der Waals surface area contributed by atoms with Gasteiger partial charge in [0.25, 0.3) is 0 Å². The van der Waals surface area contributed by atoms with Gasteiger partial charge in [0.15, 0.2) is 5.88 Å². The molecule has 0 radical (unpaired) electrons. The van der Waals surface area contributed by atoms with Crippen molar-refractivity contribution in [3.05, 3.63) is 74.4 Å². The van der Waals surface area contributed by atoms with E-state index >= 15 is 0 Å². The Hall–Kier alpha value is -1.78. The zero-order valence-corrected chi connectivity index (χ0v) is 15.4. The maximum Gasteiger partial charge on any atom is 0.205 e. The molecule has 3 aliphatic rings. The fourth-order valence-corrected chi connectivity index (χ4v) is 3.85. The molecule has 0 N–H and O–H groups in total. The van der Waals surface area contributed by atoms with Crippen LogP contribution in [0.15, 0.2) is 51.7 Å². The fourth-order valence-electron chi connectivity index (χ4n) is 3.21. The number of anilines is 1. The van der Waals surface area contributed by atoms with E-state index in [9.17, 15) is 4.79 Å². The summed E-state index contributed by atoms with van der Waals surface area (Å²) in [7, 11) is 0. The molecule has 5 heteroatoms. The van der Waals surface area contributed by atoms with Crippen molar-refractivity contribution in [1.29, 1.82) is 0 Å². The summed E-state index contributed by atoms with van der Waals surface area (Å²) in [5.41, 5.74) is 3.83. The molecule has 4 rings (SSSR count). The average Bonchev–Trinajstić information content (AvgIpc) is 2.99. The number of rotatable bonds is 2. The third kappa shape index (κ3) is 2.54. The summed E-state index contributed by atoms with van der Waals surface area (Å²) in [5, 5.41) is 0.223. The van der Waals surface area contributed by atoms with E-state index in [1.165, 1.54) is 11.1 Å². The average molecular weight is 405 g/mol. The molecule has 0 amide bonds.